The number of nitrogens with zero attached hydrogens (tertiary/aromatic N) is 3. The fourth-order valence-corrected chi connectivity index (χ4v) is 3.85. The first-order valence-corrected chi connectivity index (χ1v) is 10.5. The highest BCUT2D eigenvalue weighted by Gasteiger charge is 2.15. The van der Waals surface area contributed by atoms with Crippen LogP contribution >= 0.6 is 15.9 Å². The van der Waals surface area contributed by atoms with E-state index in [1.165, 1.54) is 10.8 Å². The van der Waals surface area contributed by atoms with E-state index in [9.17, 15) is 0 Å². The minimum Gasteiger partial charge on any atom is -0.310 e. The number of anilines is 3. The summed E-state index contributed by atoms with van der Waals surface area (Å²) >= 11 is 3.34. The van der Waals surface area contributed by atoms with Gasteiger partial charge in [-0.1, -0.05) is 66.7 Å². The molecule has 3 nitrogen and oxygen atoms in total. The third-order valence-corrected chi connectivity index (χ3v) is 5.47. The van der Waals surface area contributed by atoms with Crippen LogP contribution in [0.15, 0.2) is 114 Å². The monoisotopic (exact) mass is 451 g/mol. The predicted octanol–water partition coefficient (Wildman–Crippen LogP) is 7.53. The molecule has 4 aromatic carbocycles. The van der Waals surface area contributed by atoms with Crippen LogP contribution < -0.4 is 4.90 Å². The fourth-order valence-electron chi connectivity index (χ4n) is 3.65. The van der Waals surface area contributed by atoms with Crippen LogP contribution in [0.5, 0.6) is 0 Å². The molecule has 0 aliphatic heterocycles. The Hall–Kier alpha value is -3.50. The lowest BCUT2D eigenvalue weighted by atomic mass is 10.1. The van der Waals surface area contributed by atoms with Crippen molar-refractivity contribution in [2.75, 3.05) is 4.90 Å². The summed E-state index contributed by atoms with van der Waals surface area (Å²) in [5.74, 6) is 0. The third-order valence-electron chi connectivity index (χ3n) is 5.06. The molecule has 0 fully saturated rings. The second-order valence-electron chi connectivity index (χ2n) is 6.94. The van der Waals surface area contributed by atoms with Gasteiger partial charge in [-0.05, 0) is 51.6 Å². The molecule has 0 atom stereocenters. The highest BCUT2D eigenvalue weighted by Crippen LogP contribution is 2.39. The predicted molar refractivity (Wildman–Crippen MR) is 127 cm³/mol. The molecular formula is C26H18BrN3. The van der Waals surface area contributed by atoms with Gasteiger partial charge in [0.25, 0.3) is 0 Å². The molecule has 4 heteroatoms. The number of fused-ring (bicyclic) bond motifs is 1. The molecule has 0 spiro atoms. The topological polar surface area (TPSA) is 29.0 Å². The average molecular weight is 452 g/mol. The third kappa shape index (κ3) is 3.58. The molecule has 0 amide bonds. The van der Waals surface area contributed by atoms with Crippen molar-refractivity contribution < 1.29 is 0 Å². The molecule has 5 aromatic rings. The van der Waals surface area contributed by atoms with Gasteiger partial charge >= 0.3 is 0 Å². The first-order chi connectivity index (χ1) is 14.8. The van der Waals surface area contributed by atoms with E-state index >= 15 is 0 Å². The molecular weight excluding hydrogens is 434 g/mol. The molecule has 0 aliphatic rings. The van der Waals surface area contributed by atoms with Crippen LogP contribution in [0.25, 0.3) is 22.0 Å². The smallest absolute Gasteiger partial charge is 0.124 e. The highest BCUT2D eigenvalue weighted by atomic mass is 79.9. The second-order valence-corrected chi connectivity index (χ2v) is 7.75. The van der Waals surface area contributed by atoms with Crippen LogP contribution in [0, 0.1) is 0 Å². The van der Waals surface area contributed by atoms with E-state index in [-0.39, 0.29) is 0 Å². The van der Waals surface area contributed by atoms with Gasteiger partial charge in [-0.2, -0.15) is 0 Å². The summed E-state index contributed by atoms with van der Waals surface area (Å²) in [6.07, 6.45) is 3.49. The van der Waals surface area contributed by atoms with E-state index in [2.05, 4.69) is 122 Å². The van der Waals surface area contributed by atoms with Gasteiger partial charge in [0.1, 0.15) is 4.60 Å². The Bertz CT molecular complexity index is 1280. The zero-order chi connectivity index (χ0) is 20.3. The number of halogens is 1. The van der Waals surface area contributed by atoms with Crippen molar-refractivity contribution in [1.82, 2.24) is 9.97 Å². The van der Waals surface area contributed by atoms with Gasteiger partial charge in [0.05, 0.1) is 23.8 Å². The van der Waals surface area contributed by atoms with Gasteiger partial charge in [0, 0.05) is 22.3 Å². The van der Waals surface area contributed by atoms with Crippen LogP contribution in [0.2, 0.25) is 0 Å². The van der Waals surface area contributed by atoms with Crippen molar-refractivity contribution in [1.29, 1.82) is 0 Å². The number of benzene rings is 4. The fraction of sp³-hybridized carbons (Fsp3) is 0. The number of rotatable bonds is 4. The maximum atomic E-state index is 4.46. The van der Waals surface area contributed by atoms with Crippen molar-refractivity contribution in [2.24, 2.45) is 0 Å². The lowest BCUT2D eigenvalue weighted by Gasteiger charge is -2.27. The van der Waals surface area contributed by atoms with Crippen LogP contribution in [0.1, 0.15) is 0 Å². The van der Waals surface area contributed by atoms with Gasteiger partial charge in [-0.15, -0.1) is 0 Å². The van der Waals surface area contributed by atoms with Crippen LogP contribution in [-0.2, 0) is 0 Å². The highest BCUT2D eigenvalue weighted by molar-refractivity contribution is 9.10. The quantitative estimate of drug-likeness (QED) is 0.282. The zero-order valence-electron chi connectivity index (χ0n) is 16.1. The summed E-state index contributed by atoms with van der Waals surface area (Å²) in [5, 5.41) is 2.43. The Morgan fingerprint density at radius 2 is 1.30 bits per heavy atom. The minimum atomic E-state index is 0.731. The number of hydrogen-bond donors (Lipinski definition) is 0. The molecule has 0 bridgehead atoms. The van der Waals surface area contributed by atoms with E-state index in [0.29, 0.717) is 0 Å². The van der Waals surface area contributed by atoms with Crippen molar-refractivity contribution >= 4 is 43.8 Å². The van der Waals surface area contributed by atoms with E-state index in [1.807, 2.05) is 6.07 Å². The Morgan fingerprint density at radius 1 is 0.600 bits per heavy atom. The van der Waals surface area contributed by atoms with Gasteiger partial charge in [0.2, 0.25) is 0 Å². The summed E-state index contributed by atoms with van der Waals surface area (Å²) in [4.78, 5) is 11.0. The number of para-hydroxylation sites is 1. The molecule has 0 radical (unpaired) electrons. The summed E-state index contributed by atoms with van der Waals surface area (Å²) in [6.45, 7) is 0. The average Bonchev–Trinajstić information content (AvgIpc) is 2.81. The van der Waals surface area contributed by atoms with Crippen molar-refractivity contribution in [3.63, 3.8) is 0 Å². The Balaban J connectivity index is 1.63. The van der Waals surface area contributed by atoms with Gasteiger partial charge < -0.3 is 4.90 Å². The maximum absolute atomic E-state index is 4.46. The summed E-state index contributed by atoms with van der Waals surface area (Å²) in [6, 6.07) is 33.8. The number of hydrogen-bond acceptors (Lipinski definition) is 3. The molecule has 30 heavy (non-hydrogen) atoms. The largest absolute Gasteiger partial charge is 0.310 e. The molecule has 0 unspecified atom stereocenters. The summed E-state index contributed by atoms with van der Waals surface area (Å²) in [5.41, 5.74) is 5.23. The Labute approximate surface area is 183 Å². The van der Waals surface area contributed by atoms with E-state index < -0.39 is 0 Å². The first kappa shape index (κ1) is 18.5. The van der Waals surface area contributed by atoms with Gasteiger partial charge in [0.15, 0.2) is 0 Å². The molecule has 5 rings (SSSR count). The summed E-state index contributed by atoms with van der Waals surface area (Å²) in [7, 11) is 0. The summed E-state index contributed by atoms with van der Waals surface area (Å²) < 4.78 is 0.731. The molecule has 1 heterocycles. The maximum Gasteiger partial charge on any atom is 0.124 e. The molecule has 144 valence electrons. The van der Waals surface area contributed by atoms with Gasteiger partial charge in [-0.25, -0.2) is 4.98 Å². The lowest BCUT2D eigenvalue weighted by molar-refractivity contribution is 1.17. The van der Waals surface area contributed by atoms with Crippen molar-refractivity contribution in [3.8, 4) is 11.3 Å². The van der Waals surface area contributed by atoms with Crippen molar-refractivity contribution in [2.45, 2.75) is 0 Å². The van der Waals surface area contributed by atoms with E-state index in [4.69, 9.17) is 0 Å². The van der Waals surface area contributed by atoms with Crippen LogP contribution in [-0.4, -0.2) is 9.97 Å². The second kappa shape index (κ2) is 8.09. The number of aromatic nitrogens is 2. The normalized spacial score (nSPS) is 10.8. The first-order valence-electron chi connectivity index (χ1n) is 9.70. The molecule has 1 aromatic heterocycles. The molecule has 0 N–H and O–H groups in total. The van der Waals surface area contributed by atoms with Crippen LogP contribution in [0.3, 0.4) is 0 Å². The SMILES string of the molecule is Brc1cnc(-c2ccc(N(c3ccccc3)c3cccc4ccccc34)cc2)cn1. The van der Waals surface area contributed by atoms with E-state index in [1.54, 1.807) is 12.4 Å². The molecule has 0 aliphatic carbocycles. The molecule has 0 saturated heterocycles. The minimum absolute atomic E-state index is 0.731. The zero-order valence-corrected chi connectivity index (χ0v) is 17.7. The standard InChI is InChI=1S/C26H18BrN3/c27-26-18-28-24(17-29-26)20-13-15-22(16-14-20)30(21-9-2-1-3-10-21)25-12-6-8-19-7-4-5-11-23(19)25/h1-18H. The lowest BCUT2D eigenvalue weighted by Crippen LogP contribution is -2.10. The Morgan fingerprint density at radius 3 is 2.07 bits per heavy atom. The van der Waals surface area contributed by atoms with Crippen molar-refractivity contribution in [3.05, 3.63) is 114 Å². The van der Waals surface area contributed by atoms with E-state index in [0.717, 1.165) is 32.9 Å². The van der Waals surface area contributed by atoms with Crippen LogP contribution in [0.4, 0.5) is 17.1 Å². The molecule has 0 saturated carbocycles. The van der Waals surface area contributed by atoms with Gasteiger partial charge in [-0.3, -0.25) is 4.98 Å². The Kier molecular flexibility index (Phi) is 4.99.